The largest absolute Gasteiger partial charge is 0.317 e. The molecule has 0 unspecified atom stereocenters. The Kier molecular flexibility index (Phi) is 5.00. The smallest absolute Gasteiger partial charge is 0.261 e. The van der Waals surface area contributed by atoms with Gasteiger partial charge in [0.05, 0.1) is 4.90 Å². The molecule has 1 aliphatic heterocycles. The van der Waals surface area contributed by atoms with Crippen molar-refractivity contribution in [2.45, 2.75) is 49.3 Å². The molecule has 4 nitrogen and oxygen atoms in total. The number of rotatable bonds is 4. The van der Waals surface area contributed by atoms with Crippen LogP contribution in [0, 0.1) is 0 Å². The fourth-order valence-corrected chi connectivity index (χ4v) is 5.33. The highest BCUT2D eigenvalue weighted by Crippen LogP contribution is 2.36. The highest BCUT2D eigenvalue weighted by molar-refractivity contribution is 7.92. The Bertz CT molecular complexity index is 872. The number of piperidine rings is 1. The van der Waals surface area contributed by atoms with Crippen LogP contribution in [-0.4, -0.2) is 21.5 Å². The van der Waals surface area contributed by atoms with Crippen molar-refractivity contribution in [2.24, 2.45) is 0 Å². The number of sulfonamides is 1. The Morgan fingerprint density at radius 3 is 2.46 bits per heavy atom. The van der Waals surface area contributed by atoms with Crippen molar-refractivity contribution in [3.05, 3.63) is 59.2 Å². The zero-order chi connectivity index (χ0) is 18.0. The average molecular weight is 371 g/mol. The van der Waals surface area contributed by atoms with Crippen molar-refractivity contribution < 1.29 is 8.42 Å². The van der Waals surface area contributed by atoms with Crippen molar-refractivity contribution in [3.8, 4) is 0 Å². The lowest BCUT2D eigenvalue weighted by Gasteiger charge is -2.29. The molecule has 138 valence electrons. The van der Waals surface area contributed by atoms with E-state index in [0.717, 1.165) is 38.8 Å². The second-order valence-electron chi connectivity index (χ2n) is 7.35. The van der Waals surface area contributed by atoms with Gasteiger partial charge in [-0.25, -0.2) is 8.42 Å². The normalized spacial score (nSPS) is 18.3. The van der Waals surface area contributed by atoms with E-state index in [1.54, 1.807) is 24.3 Å². The zero-order valence-corrected chi connectivity index (χ0v) is 15.8. The first-order valence-electron chi connectivity index (χ1n) is 9.58. The van der Waals surface area contributed by atoms with Gasteiger partial charge in [0, 0.05) is 5.69 Å². The molecule has 2 aliphatic rings. The third-order valence-electron chi connectivity index (χ3n) is 5.58. The van der Waals surface area contributed by atoms with Crippen LogP contribution in [0.25, 0.3) is 0 Å². The van der Waals surface area contributed by atoms with Crippen molar-refractivity contribution in [3.63, 3.8) is 0 Å². The van der Waals surface area contributed by atoms with E-state index in [2.05, 4.69) is 22.2 Å². The molecule has 0 atom stereocenters. The SMILES string of the molecule is O=S(=O)(Nc1cc2c(c(C3CCNCC3)c1)CCCC2)c1ccccc1. The van der Waals surface area contributed by atoms with Crippen LogP contribution in [0.1, 0.15) is 48.3 Å². The summed E-state index contributed by atoms with van der Waals surface area (Å²) in [5.74, 6) is 0.532. The van der Waals surface area contributed by atoms with Gasteiger partial charge in [-0.05, 0) is 98.5 Å². The molecule has 1 heterocycles. The van der Waals surface area contributed by atoms with Gasteiger partial charge in [0.1, 0.15) is 0 Å². The summed E-state index contributed by atoms with van der Waals surface area (Å²) in [4.78, 5) is 0.307. The van der Waals surface area contributed by atoms with Gasteiger partial charge >= 0.3 is 0 Å². The summed E-state index contributed by atoms with van der Waals surface area (Å²) >= 11 is 0. The monoisotopic (exact) mass is 370 g/mol. The van der Waals surface area contributed by atoms with Crippen molar-refractivity contribution >= 4 is 15.7 Å². The minimum Gasteiger partial charge on any atom is -0.317 e. The zero-order valence-electron chi connectivity index (χ0n) is 15.0. The first kappa shape index (κ1) is 17.6. The molecular weight excluding hydrogens is 344 g/mol. The minimum atomic E-state index is -3.55. The quantitative estimate of drug-likeness (QED) is 0.860. The second-order valence-corrected chi connectivity index (χ2v) is 9.04. The van der Waals surface area contributed by atoms with Crippen molar-refractivity contribution in [1.82, 2.24) is 5.32 Å². The average Bonchev–Trinajstić information content (AvgIpc) is 2.68. The first-order chi connectivity index (χ1) is 12.6. The van der Waals surface area contributed by atoms with Gasteiger partial charge in [0.15, 0.2) is 0 Å². The molecule has 2 aromatic rings. The molecule has 0 amide bonds. The number of aryl methyl sites for hydroxylation is 1. The van der Waals surface area contributed by atoms with E-state index in [1.807, 2.05) is 6.07 Å². The van der Waals surface area contributed by atoms with Crippen LogP contribution in [0.5, 0.6) is 0 Å². The lowest BCUT2D eigenvalue weighted by Crippen LogP contribution is -2.27. The maximum absolute atomic E-state index is 12.7. The molecule has 0 aromatic heterocycles. The van der Waals surface area contributed by atoms with Crippen LogP contribution in [0.3, 0.4) is 0 Å². The van der Waals surface area contributed by atoms with E-state index in [1.165, 1.54) is 29.5 Å². The predicted molar refractivity (Wildman–Crippen MR) is 105 cm³/mol. The highest BCUT2D eigenvalue weighted by Gasteiger charge is 2.24. The van der Waals surface area contributed by atoms with Crippen molar-refractivity contribution in [2.75, 3.05) is 17.8 Å². The number of hydrogen-bond acceptors (Lipinski definition) is 3. The molecule has 5 heteroatoms. The van der Waals surface area contributed by atoms with Crippen LogP contribution in [0.15, 0.2) is 47.4 Å². The summed E-state index contributed by atoms with van der Waals surface area (Å²) in [7, 11) is -3.55. The fraction of sp³-hybridized carbons (Fsp3) is 0.429. The lowest BCUT2D eigenvalue weighted by atomic mass is 9.80. The molecule has 4 rings (SSSR count). The number of benzene rings is 2. The summed E-state index contributed by atoms with van der Waals surface area (Å²) in [5, 5.41) is 3.43. The van der Waals surface area contributed by atoms with Gasteiger partial charge in [-0.3, -0.25) is 4.72 Å². The molecule has 1 fully saturated rings. The standard InChI is InChI=1S/C21H26N2O2S/c24-26(25,19-7-2-1-3-8-19)23-18-14-17-6-4-5-9-20(17)21(15-18)16-10-12-22-13-11-16/h1-3,7-8,14-16,22-23H,4-6,9-13H2. The predicted octanol–water partition coefficient (Wildman–Crippen LogP) is 3.83. The van der Waals surface area contributed by atoms with E-state index in [0.29, 0.717) is 16.5 Å². The number of fused-ring (bicyclic) bond motifs is 1. The molecule has 2 N–H and O–H groups in total. The van der Waals surface area contributed by atoms with Crippen LogP contribution in [-0.2, 0) is 22.9 Å². The summed E-state index contributed by atoms with van der Waals surface area (Å²) in [6.07, 6.45) is 6.85. The van der Waals surface area contributed by atoms with Gasteiger partial charge < -0.3 is 5.32 Å². The first-order valence-corrected chi connectivity index (χ1v) is 11.1. The van der Waals surface area contributed by atoms with Crippen LogP contribution >= 0.6 is 0 Å². The molecule has 26 heavy (non-hydrogen) atoms. The van der Waals surface area contributed by atoms with E-state index < -0.39 is 10.0 Å². The summed E-state index contributed by atoms with van der Waals surface area (Å²) in [5.41, 5.74) is 4.89. The third kappa shape index (κ3) is 3.64. The molecule has 0 saturated carbocycles. The number of nitrogens with one attached hydrogen (secondary N) is 2. The molecule has 2 aromatic carbocycles. The van der Waals surface area contributed by atoms with Gasteiger partial charge in [0.2, 0.25) is 0 Å². The second kappa shape index (κ2) is 7.41. The third-order valence-corrected chi connectivity index (χ3v) is 6.98. The fourth-order valence-electron chi connectivity index (χ4n) is 4.27. The Morgan fingerprint density at radius 1 is 0.962 bits per heavy atom. The summed E-state index contributed by atoms with van der Waals surface area (Å²) in [6.45, 7) is 2.08. The van der Waals surface area contributed by atoms with Gasteiger partial charge in [-0.2, -0.15) is 0 Å². The van der Waals surface area contributed by atoms with E-state index in [-0.39, 0.29) is 0 Å². The van der Waals surface area contributed by atoms with Crippen LogP contribution < -0.4 is 10.0 Å². The highest BCUT2D eigenvalue weighted by atomic mass is 32.2. The molecule has 0 spiro atoms. The van der Waals surface area contributed by atoms with Gasteiger partial charge in [0.25, 0.3) is 10.0 Å². The maximum atomic E-state index is 12.7. The van der Waals surface area contributed by atoms with Gasteiger partial charge in [-0.1, -0.05) is 18.2 Å². The Morgan fingerprint density at radius 2 is 1.69 bits per heavy atom. The lowest BCUT2D eigenvalue weighted by molar-refractivity contribution is 0.456. The molecule has 0 bridgehead atoms. The molecule has 1 aliphatic carbocycles. The van der Waals surface area contributed by atoms with Crippen LogP contribution in [0.2, 0.25) is 0 Å². The number of anilines is 1. The Balaban J connectivity index is 1.70. The van der Waals surface area contributed by atoms with E-state index in [4.69, 9.17) is 0 Å². The Labute approximate surface area is 156 Å². The molecule has 1 saturated heterocycles. The summed E-state index contributed by atoms with van der Waals surface area (Å²) < 4.78 is 28.3. The number of hydrogen-bond donors (Lipinski definition) is 2. The Hall–Kier alpha value is -1.85. The van der Waals surface area contributed by atoms with Gasteiger partial charge in [-0.15, -0.1) is 0 Å². The molecule has 0 radical (unpaired) electrons. The van der Waals surface area contributed by atoms with E-state index >= 15 is 0 Å². The molecular formula is C21H26N2O2S. The summed E-state index contributed by atoms with van der Waals surface area (Å²) in [6, 6.07) is 12.7. The van der Waals surface area contributed by atoms with Crippen molar-refractivity contribution in [1.29, 1.82) is 0 Å². The topological polar surface area (TPSA) is 58.2 Å². The minimum absolute atomic E-state index is 0.307. The van der Waals surface area contributed by atoms with Crippen LogP contribution in [0.4, 0.5) is 5.69 Å². The maximum Gasteiger partial charge on any atom is 0.261 e. The van der Waals surface area contributed by atoms with E-state index in [9.17, 15) is 8.42 Å².